The topological polar surface area (TPSA) is 46.1 Å². The fourth-order valence-corrected chi connectivity index (χ4v) is 1.39. The molecule has 0 saturated carbocycles. The lowest BCUT2D eigenvalue weighted by atomic mass is 10.0. The highest BCUT2D eigenvalue weighted by atomic mass is 19.3. The van der Waals surface area contributed by atoms with Crippen LogP contribution in [0.25, 0.3) is 0 Å². The number of nitrogens with zero attached hydrogens (tertiary/aromatic N) is 3. The third-order valence-electron chi connectivity index (χ3n) is 2.34. The molecular weight excluding hydrogens is 204 g/mol. The minimum atomic E-state index is -2.28. The van der Waals surface area contributed by atoms with Crippen molar-refractivity contribution in [2.24, 2.45) is 5.92 Å². The van der Waals surface area contributed by atoms with E-state index in [2.05, 4.69) is 9.97 Å². The predicted molar refractivity (Wildman–Crippen MR) is 49.1 cm³/mol. The van der Waals surface area contributed by atoms with E-state index in [-0.39, 0.29) is 13.1 Å². The van der Waals surface area contributed by atoms with Crippen molar-refractivity contribution in [2.45, 2.75) is 6.43 Å². The first-order valence-electron chi connectivity index (χ1n) is 4.51. The number of aldehydes is 1. The maximum Gasteiger partial charge on any atom is 0.244 e. The Hall–Kier alpha value is -1.59. The van der Waals surface area contributed by atoms with Gasteiger partial charge in [0.05, 0.1) is 11.5 Å². The second-order valence-corrected chi connectivity index (χ2v) is 3.43. The Labute approximate surface area is 84.9 Å². The number of carbonyl (C=O) groups is 1. The molecule has 6 heteroatoms. The van der Waals surface area contributed by atoms with Crippen LogP contribution in [0, 0.1) is 5.92 Å². The lowest BCUT2D eigenvalue weighted by Crippen LogP contribution is -2.50. The lowest BCUT2D eigenvalue weighted by Gasteiger charge is -2.38. The van der Waals surface area contributed by atoms with Gasteiger partial charge in [0.25, 0.3) is 0 Å². The van der Waals surface area contributed by atoms with E-state index in [1.54, 1.807) is 4.90 Å². The second kappa shape index (κ2) is 3.88. The van der Waals surface area contributed by atoms with Gasteiger partial charge in [0.2, 0.25) is 12.4 Å². The fraction of sp³-hybridized carbons (Fsp3) is 0.444. The molecule has 0 aromatic carbocycles. The number of rotatable bonds is 3. The van der Waals surface area contributed by atoms with Gasteiger partial charge in [-0.15, -0.1) is 0 Å². The Balaban J connectivity index is 1.98. The normalized spacial score (nSPS) is 16.6. The van der Waals surface area contributed by atoms with E-state index in [0.717, 1.165) is 0 Å². The van der Waals surface area contributed by atoms with Crippen molar-refractivity contribution in [1.82, 2.24) is 9.97 Å². The van der Waals surface area contributed by atoms with E-state index in [1.807, 2.05) is 0 Å². The SMILES string of the molecule is O=Cc1cnc(N2CC(C(F)F)C2)nc1. The number of hydrogen-bond donors (Lipinski definition) is 0. The predicted octanol–water partition coefficient (Wildman–Crippen LogP) is 0.990. The zero-order valence-electron chi connectivity index (χ0n) is 7.81. The standard InChI is InChI=1S/C9H9F2N3O/c10-8(11)7-3-14(4-7)9-12-1-6(5-15)2-13-9/h1-2,5,7-8H,3-4H2. The van der Waals surface area contributed by atoms with Gasteiger partial charge in [0, 0.05) is 25.5 Å². The van der Waals surface area contributed by atoms with Crippen molar-refractivity contribution >= 4 is 12.2 Å². The van der Waals surface area contributed by atoms with Gasteiger partial charge in [-0.1, -0.05) is 0 Å². The summed E-state index contributed by atoms with van der Waals surface area (Å²) in [5, 5.41) is 0. The zero-order chi connectivity index (χ0) is 10.8. The van der Waals surface area contributed by atoms with Crippen molar-refractivity contribution < 1.29 is 13.6 Å². The number of carbonyl (C=O) groups excluding carboxylic acids is 1. The van der Waals surface area contributed by atoms with Crippen molar-refractivity contribution in [1.29, 1.82) is 0 Å². The second-order valence-electron chi connectivity index (χ2n) is 3.43. The Morgan fingerprint density at radius 3 is 2.47 bits per heavy atom. The Morgan fingerprint density at radius 1 is 1.40 bits per heavy atom. The number of aromatic nitrogens is 2. The van der Waals surface area contributed by atoms with Gasteiger partial charge in [-0.2, -0.15) is 0 Å². The third-order valence-corrected chi connectivity index (χ3v) is 2.34. The summed E-state index contributed by atoms with van der Waals surface area (Å²) in [6, 6.07) is 0. The molecule has 1 saturated heterocycles. The van der Waals surface area contributed by atoms with Crippen LogP contribution in [0.15, 0.2) is 12.4 Å². The van der Waals surface area contributed by atoms with E-state index < -0.39 is 12.3 Å². The first-order valence-corrected chi connectivity index (χ1v) is 4.51. The molecular formula is C9H9F2N3O. The first-order chi connectivity index (χ1) is 7.20. The van der Waals surface area contributed by atoms with E-state index in [4.69, 9.17) is 0 Å². The smallest absolute Gasteiger partial charge is 0.244 e. The van der Waals surface area contributed by atoms with Gasteiger partial charge in [-0.3, -0.25) is 4.79 Å². The molecule has 0 aliphatic carbocycles. The monoisotopic (exact) mass is 213 g/mol. The number of hydrogen-bond acceptors (Lipinski definition) is 4. The molecule has 2 heterocycles. The van der Waals surface area contributed by atoms with Gasteiger partial charge in [-0.05, 0) is 0 Å². The van der Waals surface area contributed by atoms with Crippen LogP contribution >= 0.6 is 0 Å². The molecule has 0 atom stereocenters. The minimum Gasteiger partial charge on any atom is -0.340 e. The molecule has 0 amide bonds. The summed E-state index contributed by atoms with van der Waals surface area (Å²) in [4.78, 5) is 19.8. The summed E-state index contributed by atoms with van der Waals surface area (Å²) in [5.74, 6) is -0.183. The maximum atomic E-state index is 12.2. The molecule has 15 heavy (non-hydrogen) atoms. The minimum absolute atomic E-state index is 0.276. The van der Waals surface area contributed by atoms with Gasteiger partial charge < -0.3 is 4.90 Å². The Bertz CT molecular complexity index is 349. The summed E-state index contributed by atoms with van der Waals surface area (Å²) in [6.45, 7) is 0.552. The summed E-state index contributed by atoms with van der Waals surface area (Å²) >= 11 is 0. The number of alkyl halides is 2. The molecule has 0 spiro atoms. The fourth-order valence-electron chi connectivity index (χ4n) is 1.39. The van der Waals surface area contributed by atoms with Gasteiger partial charge in [-0.25, -0.2) is 18.7 Å². The Morgan fingerprint density at radius 2 is 2.00 bits per heavy atom. The molecule has 2 rings (SSSR count). The van der Waals surface area contributed by atoms with E-state index in [1.165, 1.54) is 12.4 Å². The van der Waals surface area contributed by atoms with Crippen molar-refractivity contribution in [3.05, 3.63) is 18.0 Å². The van der Waals surface area contributed by atoms with Crippen LogP contribution in [-0.2, 0) is 0 Å². The number of anilines is 1. The molecule has 0 radical (unpaired) electrons. The van der Waals surface area contributed by atoms with Crippen molar-refractivity contribution in [3.8, 4) is 0 Å². The van der Waals surface area contributed by atoms with E-state index in [0.29, 0.717) is 17.8 Å². The van der Waals surface area contributed by atoms with Gasteiger partial charge in [0.1, 0.15) is 0 Å². The van der Waals surface area contributed by atoms with Crippen molar-refractivity contribution in [3.63, 3.8) is 0 Å². The quantitative estimate of drug-likeness (QED) is 0.702. The Kier molecular flexibility index (Phi) is 2.57. The first kappa shape index (κ1) is 9.95. The summed E-state index contributed by atoms with van der Waals surface area (Å²) < 4.78 is 24.3. The van der Waals surface area contributed by atoms with E-state index >= 15 is 0 Å². The molecule has 1 aromatic rings. The van der Waals surface area contributed by atoms with Crippen LogP contribution in [0.5, 0.6) is 0 Å². The van der Waals surface area contributed by atoms with Crippen LogP contribution < -0.4 is 4.90 Å². The molecule has 1 aliphatic heterocycles. The van der Waals surface area contributed by atoms with Crippen LogP contribution in [-0.4, -0.2) is 35.8 Å². The zero-order valence-corrected chi connectivity index (χ0v) is 7.81. The summed E-state index contributed by atoms with van der Waals surface area (Å²) in [6.07, 6.45) is 1.12. The molecule has 0 N–H and O–H groups in total. The highest BCUT2D eigenvalue weighted by Crippen LogP contribution is 2.25. The van der Waals surface area contributed by atoms with Crippen LogP contribution in [0.2, 0.25) is 0 Å². The molecule has 1 fully saturated rings. The molecule has 0 bridgehead atoms. The average Bonchev–Trinajstić information content (AvgIpc) is 2.16. The highest BCUT2D eigenvalue weighted by Gasteiger charge is 2.35. The van der Waals surface area contributed by atoms with Gasteiger partial charge >= 0.3 is 0 Å². The molecule has 1 aliphatic rings. The summed E-state index contributed by atoms with van der Waals surface area (Å²) in [5.41, 5.74) is 0.379. The molecule has 0 unspecified atom stereocenters. The maximum absolute atomic E-state index is 12.2. The molecule has 80 valence electrons. The van der Waals surface area contributed by atoms with Gasteiger partial charge in [0.15, 0.2) is 6.29 Å². The van der Waals surface area contributed by atoms with E-state index in [9.17, 15) is 13.6 Å². The largest absolute Gasteiger partial charge is 0.340 e. The highest BCUT2D eigenvalue weighted by molar-refractivity contribution is 5.73. The van der Waals surface area contributed by atoms with Crippen LogP contribution in [0.3, 0.4) is 0 Å². The number of halogens is 2. The molecule has 4 nitrogen and oxygen atoms in total. The van der Waals surface area contributed by atoms with Crippen molar-refractivity contribution in [2.75, 3.05) is 18.0 Å². The van der Waals surface area contributed by atoms with Crippen LogP contribution in [0.1, 0.15) is 10.4 Å². The average molecular weight is 213 g/mol. The third kappa shape index (κ3) is 1.93. The molecule has 1 aromatic heterocycles. The van der Waals surface area contributed by atoms with Crippen LogP contribution in [0.4, 0.5) is 14.7 Å². The summed E-state index contributed by atoms with van der Waals surface area (Å²) in [7, 11) is 0. The lowest BCUT2D eigenvalue weighted by molar-refractivity contribution is 0.0608.